The largest absolute Gasteiger partial charge is 0.455 e. The smallest absolute Gasteiger partial charge is 0.255 e. The van der Waals surface area contributed by atoms with E-state index in [1.165, 1.54) is 30.1 Å². The van der Waals surface area contributed by atoms with Gasteiger partial charge in [0.1, 0.15) is 29.3 Å². The van der Waals surface area contributed by atoms with Crippen molar-refractivity contribution in [3.8, 4) is 22.5 Å². The molecule has 0 spiro atoms. The lowest BCUT2D eigenvalue weighted by Crippen LogP contribution is -2.18. The van der Waals surface area contributed by atoms with Crippen molar-refractivity contribution >= 4 is 62.0 Å². The Morgan fingerprint density at radius 3 is 2.47 bits per heavy atom. The number of fused-ring (bicyclic) bond motifs is 6. The van der Waals surface area contributed by atoms with E-state index in [4.69, 9.17) is 4.42 Å². The summed E-state index contributed by atoms with van der Waals surface area (Å²) >= 11 is 1.52. The number of aryl methyl sites for hydroxylation is 1. The van der Waals surface area contributed by atoms with Crippen LogP contribution in [0, 0.1) is 18.6 Å². The predicted molar refractivity (Wildman–Crippen MR) is 169 cm³/mol. The summed E-state index contributed by atoms with van der Waals surface area (Å²) in [5.41, 5.74) is 6.76. The van der Waals surface area contributed by atoms with Gasteiger partial charge in [-0.3, -0.25) is 9.20 Å². The average Bonchev–Trinajstić information content (AvgIpc) is 3.58. The number of anilines is 1. The SMILES string of the molecule is CNC(=O)c1c(-c2ccc(F)cc2)oc2cc(N(C)SC)c(-c3cnc4ncn5c6cc(C)cc(F)c6cc5c4c3)cc12. The molecule has 0 saturated heterocycles. The van der Waals surface area contributed by atoms with Crippen molar-refractivity contribution in [2.24, 2.45) is 0 Å². The number of rotatable bonds is 5. The summed E-state index contributed by atoms with van der Waals surface area (Å²) in [6.45, 7) is 1.86. The summed E-state index contributed by atoms with van der Waals surface area (Å²) in [7, 11) is 3.50. The Labute approximate surface area is 249 Å². The van der Waals surface area contributed by atoms with Crippen molar-refractivity contribution in [2.45, 2.75) is 6.92 Å². The number of nitrogens with one attached hydrogen (secondary N) is 1. The highest BCUT2D eigenvalue weighted by Crippen LogP contribution is 2.42. The van der Waals surface area contributed by atoms with Crippen LogP contribution < -0.4 is 9.62 Å². The molecule has 214 valence electrons. The maximum atomic E-state index is 14.9. The third-order valence-electron chi connectivity index (χ3n) is 7.78. The van der Waals surface area contributed by atoms with Crippen LogP contribution in [0.3, 0.4) is 0 Å². The van der Waals surface area contributed by atoms with Crippen molar-refractivity contribution in [1.82, 2.24) is 19.7 Å². The maximum absolute atomic E-state index is 14.9. The van der Waals surface area contributed by atoms with E-state index in [9.17, 15) is 13.6 Å². The van der Waals surface area contributed by atoms with Crippen LogP contribution in [0.2, 0.25) is 0 Å². The van der Waals surface area contributed by atoms with Crippen LogP contribution in [-0.4, -0.2) is 40.6 Å². The molecule has 0 aliphatic heterocycles. The van der Waals surface area contributed by atoms with Crippen LogP contribution in [0.4, 0.5) is 14.5 Å². The number of benzene rings is 3. The first kappa shape index (κ1) is 26.9. The molecular weight excluding hydrogens is 568 g/mol. The lowest BCUT2D eigenvalue weighted by atomic mass is 9.98. The van der Waals surface area contributed by atoms with Crippen LogP contribution in [0.1, 0.15) is 15.9 Å². The van der Waals surface area contributed by atoms with Crippen molar-refractivity contribution in [3.63, 3.8) is 0 Å². The molecule has 4 aromatic heterocycles. The molecule has 0 aliphatic rings. The molecule has 7 rings (SSSR count). The van der Waals surface area contributed by atoms with Gasteiger partial charge in [0.05, 0.1) is 22.3 Å². The van der Waals surface area contributed by atoms with Crippen LogP contribution in [0.15, 0.2) is 77.6 Å². The van der Waals surface area contributed by atoms with Gasteiger partial charge in [-0.1, -0.05) is 11.9 Å². The van der Waals surface area contributed by atoms with E-state index in [0.717, 1.165) is 38.8 Å². The highest BCUT2D eigenvalue weighted by atomic mass is 32.2. The van der Waals surface area contributed by atoms with Gasteiger partial charge in [-0.25, -0.2) is 18.7 Å². The first-order valence-corrected chi connectivity index (χ1v) is 14.7. The Morgan fingerprint density at radius 2 is 1.72 bits per heavy atom. The zero-order valence-corrected chi connectivity index (χ0v) is 24.5. The summed E-state index contributed by atoms with van der Waals surface area (Å²) in [6, 6.07) is 17.0. The minimum atomic E-state index is -0.381. The fraction of sp³-hybridized carbons (Fsp3) is 0.121. The zero-order valence-electron chi connectivity index (χ0n) is 23.7. The molecule has 3 aromatic carbocycles. The van der Waals surface area contributed by atoms with E-state index in [0.29, 0.717) is 38.9 Å². The van der Waals surface area contributed by atoms with Crippen molar-refractivity contribution in [2.75, 3.05) is 24.7 Å². The Bertz CT molecular complexity index is 2240. The number of hydrogen-bond donors (Lipinski definition) is 1. The number of nitrogens with zero attached hydrogens (tertiary/aromatic N) is 4. The number of carbonyl (C=O) groups is 1. The predicted octanol–water partition coefficient (Wildman–Crippen LogP) is 7.78. The topological polar surface area (TPSA) is 75.7 Å². The third-order valence-corrected chi connectivity index (χ3v) is 8.53. The van der Waals surface area contributed by atoms with Crippen molar-refractivity contribution in [3.05, 3.63) is 95.9 Å². The Hall–Kier alpha value is -4.96. The lowest BCUT2D eigenvalue weighted by Gasteiger charge is -2.20. The van der Waals surface area contributed by atoms with Crippen LogP contribution >= 0.6 is 11.9 Å². The van der Waals surface area contributed by atoms with Crippen LogP contribution in [-0.2, 0) is 0 Å². The summed E-state index contributed by atoms with van der Waals surface area (Å²) < 4.78 is 38.8. The molecule has 0 unspecified atom stereocenters. The van der Waals surface area contributed by atoms with E-state index in [1.807, 2.05) is 59.3 Å². The van der Waals surface area contributed by atoms with E-state index < -0.39 is 0 Å². The lowest BCUT2D eigenvalue weighted by molar-refractivity contribution is 0.0964. The molecule has 0 bridgehead atoms. The minimum absolute atomic E-state index is 0.288. The number of carbonyl (C=O) groups excluding carboxylic acids is 1. The van der Waals surface area contributed by atoms with Gasteiger partial charge in [-0.15, -0.1) is 0 Å². The van der Waals surface area contributed by atoms with Gasteiger partial charge in [0.15, 0.2) is 5.65 Å². The Balaban J connectivity index is 1.51. The number of hydrogen-bond acceptors (Lipinski definition) is 6. The summed E-state index contributed by atoms with van der Waals surface area (Å²) in [4.78, 5) is 22.5. The third kappa shape index (κ3) is 4.28. The molecule has 4 heterocycles. The molecule has 43 heavy (non-hydrogen) atoms. The number of furan rings is 1. The molecule has 0 atom stereocenters. The number of pyridine rings is 1. The molecular formula is C33H25F2N5O2S. The Morgan fingerprint density at radius 1 is 0.953 bits per heavy atom. The number of aromatic nitrogens is 3. The van der Waals surface area contributed by atoms with Crippen LogP contribution in [0.25, 0.3) is 60.9 Å². The van der Waals surface area contributed by atoms with Gasteiger partial charge in [-0.2, -0.15) is 0 Å². The highest BCUT2D eigenvalue weighted by molar-refractivity contribution is 7.99. The molecule has 0 radical (unpaired) electrons. The summed E-state index contributed by atoms with van der Waals surface area (Å²) in [5.74, 6) is -0.642. The quantitative estimate of drug-likeness (QED) is 0.206. The number of amides is 1. The second-order valence-corrected chi connectivity index (χ2v) is 11.3. The van der Waals surface area contributed by atoms with Gasteiger partial charge in [0, 0.05) is 65.5 Å². The normalized spacial score (nSPS) is 11.7. The summed E-state index contributed by atoms with van der Waals surface area (Å²) in [6.07, 6.45) is 5.38. The molecule has 0 aliphatic carbocycles. The number of halogens is 2. The highest BCUT2D eigenvalue weighted by Gasteiger charge is 2.25. The van der Waals surface area contributed by atoms with E-state index >= 15 is 0 Å². The first-order chi connectivity index (χ1) is 20.8. The van der Waals surface area contributed by atoms with Gasteiger partial charge in [0.25, 0.3) is 5.91 Å². The molecule has 0 fully saturated rings. The molecule has 1 amide bonds. The van der Waals surface area contributed by atoms with Gasteiger partial charge < -0.3 is 14.0 Å². The molecule has 7 aromatic rings. The molecule has 10 heteroatoms. The monoisotopic (exact) mass is 593 g/mol. The van der Waals surface area contributed by atoms with E-state index in [2.05, 4.69) is 15.3 Å². The fourth-order valence-electron chi connectivity index (χ4n) is 5.63. The van der Waals surface area contributed by atoms with Gasteiger partial charge in [0.2, 0.25) is 0 Å². The maximum Gasteiger partial charge on any atom is 0.255 e. The second-order valence-electron chi connectivity index (χ2n) is 10.4. The second kappa shape index (κ2) is 10.1. The zero-order chi connectivity index (χ0) is 30.0. The van der Waals surface area contributed by atoms with Crippen molar-refractivity contribution < 1.29 is 18.0 Å². The van der Waals surface area contributed by atoms with Crippen molar-refractivity contribution in [1.29, 1.82) is 0 Å². The Kier molecular flexibility index (Phi) is 6.32. The van der Waals surface area contributed by atoms with Gasteiger partial charge in [-0.05, 0) is 67.1 Å². The minimum Gasteiger partial charge on any atom is -0.455 e. The molecule has 0 saturated carbocycles. The molecule has 1 N–H and O–H groups in total. The van der Waals surface area contributed by atoms with E-state index in [1.54, 1.807) is 31.7 Å². The first-order valence-electron chi connectivity index (χ1n) is 13.5. The summed E-state index contributed by atoms with van der Waals surface area (Å²) in [5, 5.41) is 4.59. The van der Waals surface area contributed by atoms with Crippen LogP contribution in [0.5, 0.6) is 0 Å². The fourth-order valence-corrected chi connectivity index (χ4v) is 5.98. The standard InChI is InChI=1S/C33H25F2N5O2S/c1-17-9-25(35)22-13-28-23-11-19(15-37-32(23)38-16-40(28)27(22)10-17)21-12-24-29(14-26(21)39(3)43-4)42-31(30(24)33(41)36-2)18-5-7-20(34)8-6-18/h5-16H,1-4H3,(H,36,41). The van der Waals surface area contributed by atoms with Gasteiger partial charge >= 0.3 is 0 Å². The molecule has 7 nitrogen and oxygen atoms in total. The van der Waals surface area contributed by atoms with E-state index in [-0.39, 0.29) is 17.5 Å². The average molecular weight is 594 g/mol.